The van der Waals surface area contributed by atoms with Crippen LogP contribution in [-0.2, 0) is 0 Å². The summed E-state index contributed by atoms with van der Waals surface area (Å²) < 4.78 is 2.17. The highest BCUT2D eigenvalue weighted by Gasteiger charge is 2.18. The molecule has 0 aromatic heterocycles. The third kappa shape index (κ3) is 2.03. The van der Waals surface area contributed by atoms with E-state index in [-0.39, 0.29) is 0 Å². The summed E-state index contributed by atoms with van der Waals surface area (Å²) in [5.74, 6) is 0.910. The van der Waals surface area contributed by atoms with Crippen LogP contribution in [0.25, 0.3) is 17.1 Å². The zero-order chi connectivity index (χ0) is 15.1. The molecule has 2 aliphatic rings. The topological polar surface area (TPSA) is 47.1 Å². The molecule has 2 heterocycles. The van der Waals surface area contributed by atoms with Crippen LogP contribution in [0.1, 0.15) is 11.3 Å². The van der Waals surface area contributed by atoms with Crippen LogP contribution in [0.5, 0.6) is 0 Å². The van der Waals surface area contributed by atoms with Crippen LogP contribution in [0, 0.1) is 13.8 Å². The van der Waals surface area contributed by atoms with Crippen molar-refractivity contribution in [1.82, 2.24) is 9.55 Å². The number of hydrogen-bond donors (Lipinski definition) is 1. The normalized spacial score (nSPS) is 11.0. The Bertz CT molecular complexity index is 753. The van der Waals surface area contributed by atoms with Crippen molar-refractivity contribution in [3.8, 4) is 17.1 Å². The summed E-state index contributed by atoms with van der Waals surface area (Å²) >= 11 is 0. The molecule has 1 aromatic rings. The van der Waals surface area contributed by atoms with E-state index in [4.69, 9.17) is 5.73 Å². The zero-order valence-electron chi connectivity index (χ0n) is 12.9. The number of nitrogens with zero attached hydrogens (tertiary/aromatic N) is 3. The molecule has 0 radical (unpaired) electrons. The Balaban J connectivity index is 2.23. The Labute approximate surface area is 125 Å². The quantitative estimate of drug-likeness (QED) is 0.784. The molecule has 0 saturated heterocycles. The minimum Gasteiger partial charge on any atom is -0.398 e. The van der Waals surface area contributed by atoms with Crippen molar-refractivity contribution >= 4 is 11.4 Å². The molecule has 4 nitrogen and oxygen atoms in total. The third-order valence-electron chi connectivity index (χ3n) is 4.09. The third-order valence-corrected chi connectivity index (χ3v) is 4.09. The van der Waals surface area contributed by atoms with E-state index in [0.717, 1.165) is 34.0 Å². The van der Waals surface area contributed by atoms with Gasteiger partial charge in [0.25, 0.3) is 0 Å². The second-order valence-electron chi connectivity index (χ2n) is 5.55. The monoisotopic (exact) mass is 280 g/mol. The number of pyridine rings is 1. The van der Waals surface area contributed by atoms with E-state index in [2.05, 4.69) is 52.6 Å². The van der Waals surface area contributed by atoms with Gasteiger partial charge in [-0.05, 0) is 49.7 Å². The maximum atomic E-state index is 6.21. The number of anilines is 2. The number of aromatic nitrogens is 2. The standard InChI is InChI=1S/C17H20N4/c1-11-12(2)21(17-15(16(11)18)9-10-19-17)14-7-5-13(6-8-14)20(3)4/h5-10H,18H2,1-4H3. The molecule has 108 valence electrons. The van der Waals surface area contributed by atoms with E-state index in [1.807, 2.05) is 26.4 Å². The van der Waals surface area contributed by atoms with Crippen LogP contribution < -0.4 is 10.6 Å². The van der Waals surface area contributed by atoms with Gasteiger partial charge in [0.05, 0.1) is 0 Å². The summed E-state index contributed by atoms with van der Waals surface area (Å²) in [5.41, 5.74) is 12.5. The molecule has 0 unspecified atom stereocenters. The maximum Gasteiger partial charge on any atom is 0.146 e. The predicted octanol–water partition coefficient (Wildman–Crippen LogP) is 3.24. The maximum absolute atomic E-state index is 6.21. The van der Waals surface area contributed by atoms with E-state index < -0.39 is 0 Å². The Morgan fingerprint density at radius 2 is 1.71 bits per heavy atom. The first kappa shape index (κ1) is 13.5. The van der Waals surface area contributed by atoms with Gasteiger partial charge in [-0.25, -0.2) is 4.98 Å². The SMILES string of the molecule is Cc1c(N)c2ccnc-2n(-c2ccc(N(C)C)cc2)c1C. The number of nitrogens with two attached hydrogens (primary N) is 1. The molecular weight excluding hydrogens is 260 g/mol. The first-order valence-electron chi connectivity index (χ1n) is 7.00. The summed E-state index contributed by atoms with van der Waals surface area (Å²) in [7, 11) is 4.08. The van der Waals surface area contributed by atoms with Crippen molar-refractivity contribution in [3.05, 3.63) is 47.8 Å². The van der Waals surface area contributed by atoms with E-state index in [0.29, 0.717) is 0 Å². The lowest BCUT2D eigenvalue weighted by Gasteiger charge is -2.21. The Kier molecular flexibility index (Phi) is 3.09. The van der Waals surface area contributed by atoms with Crippen molar-refractivity contribution in [2.45, 2.75) is 13.8 Å². The van der Waals surface area contributed by atoms with Gasteiger partial charge >= 0.3 is 0 Å². The van der Waals surface area contributed by atoms with Crippen LogP contribution in [0.3, 0.4) is 0 Å². The van der Waals surface area contributed by atoms with E-state index in [9.17, 15) is 0 Å². The molecule has 0 atom stereocenters. The second kappa shape index (κ2) is 4.81. The highest BCUT2D eigenvalue weighted by atomic mass is 15.1. The molecule has 0 amide bonds. The highest BCUT2D eigenvalue weighted by Crippen LogP contribution is 2.34. The van der Waals surface area contributed by atoms with Crippen LogP contribution in [-0.4, -0.2) is 23.6 Å². The first-order valence-corrected chi connectivity index (χ1v) is 7.00. The lowest BCUT2D eigenvalue weighted by molar-refractivity contribution is 0.946. The minimum atomic E-state index is 0.821. The van der Waals surface area contributed by atoms with Gasteiger partial charge in [0.2, 0.25) is 0 Å². The molecule has 3 rings (SSSR count). The molecule has 21 heavy (non-hydrogen) atoms. The van der Waals surface area contributed by atoms with E-state index in [1.54, 1.807) is 0 Å². The van der Waals surface area contributed by atoms with Crippen LogP contribution in [0.15, 0.2) is 36.5 Å². The summed E-state index contributed by atoms with van der Waals surface area (Å²) in [5, 5.41) is 0. The van der Waals surface area contributed by atoms with Gasteiger partial charge in [-0.3, -0.25) is 4.57 Å². The summed E-state index contributed by atoms with van der Waals surface area (Å²) in [6.45, 7) is 4.14. The molecule has 0 saturated carbocycles. The van der Waals surface area contributed by atoms with Crippen molar-refractivity contribution in [3.63, 3.8) is 0 Å². The molecule has 4 heteroatoms. The number of benzene rings is 1. The molecule has 2 aliphatic heterocycles. The summed E-state index contributed by atoms with van der Waals surface area (Å²) in [6, 6.07) is 10.4. The molecule has 2 N–H and O–H groups in total. The molecule has 0 spiro atoms. The Morgan fingerprint density at radius 1 is 1.05 bits per heavy atom. The average molecular weight is 280 g/mol. The van der Waals surface area contributed by atoms with Gasteiger partial charge in [0.1, 0.15) is 5.82 Å². The summed E-state index contributed by atoms with van der Waals surface area (Å²) in [6.07, 6.45) is 1.81. The predicted molar refractivity (Wildman–Crippen MR) is 88.4 cm³/mol. The number of fused-ring (bicyclic) bond motifs is 1. The van der Waals surface area contributed by atoms with Crippen molar-refractivity contribution < 1.29 is 0 Å². The van der Waals surface area contributed by atoms with Gasteiger partial charge in [0, 0.05) is 48.6 Å². The fourth-order valence-electron chi connectivity index (χ4n) is 2.65. The van der Waals surface area contributed by atoms with Crippen molar-refractivity contribution in [1.29, 1.82) is 0 Å². The molecular formula is C17H20N4. The zero-order valence-corrected chi connectivity index (χ0v) is 12.9. The Morgan fingerprint density at radius 3 is 2.33 bits per heavy atom. The van der Waals surface area contributed by atoms with Gasteiger partial charge in [-0.1, -0.05) is 0 Å². The number of nitrogen functional groups attached to an aromatic ring is 1. The van der Waals surface area contributed by atoms with E-state index >= 15 is 0 Å². The number of hydrogen-bond acceptors (Lipinski definition) is 3. The fourth-order valence-corrected chi connectivity index (χ4v) is 2.65. The van der Waals surface area contributed by atoms with E-state index in [1.165, 1.54) is 5.69 Å². The number of rotatable bonds is 2. The smallest absolute Gasteiger partial charge is 0.146 e. The highest BCUT2D eigenvalue weighted by molar-refractivity contribution is 5.78. The summed E-state index contributed by atoms with van der Waals surface area (Å²) in [4.78, 5) is 6.58. The van der Waals surface area contributed by atoms with Crippen molar-refractivity contribution in [2.24, 2.45) is 0 Å². The second-order valence-corrected chi connectivity index (χ2v) is 5.55. The lowest BCUT2D eigenvalue weighted by atomic mass is 10.1. The molecule has 0 aliphatic carbocycles. The van der Waals surface area contributed by atoms with Crippen LogP contribution in [0.4, 0.5) is 11.4 Å². The Hall–Kier alpha value is -2.49. The van der Waals surface area contributed by atoms with Crippen molar-refractivity contribution in [2.75, 3.05) is 24.7 Å². The van der Waals surface area contributed by atoms with Crippen LogP contribution >= 0.6 is 0 Å². The minimum absolute atomic E-state index is 0.821. The average Bonchev–Trinajstić information content (AvgIpc) is 2.95. The van der Waals surface area contributed by atoms with Crippen LogP contribution in [0.2, 0.25) is 0 Å². The molecule has 0 fully saturated rings. The first-order chi connectivity index (χ1) is 10.0. The lowest BCUT2D eigenvalue weighted by Crippen LogP contribution is -2.11. The largest absolute Gasteiger partial charge is 0.398 e. The fraction of sp³-hybridized carbons (Fsp3) is 0.235. The van der Waals surface area contributed by atoms with Gasteiger partial charge in [0.15, 0.2) is 0 Å². The molecule has 0 bridgehead atoms. The van der Waals surface area contributed by atoms with Gasteiger partial charge in [-0.15, -0.1) is 0 Å². The molecule has 1 aromatic carbocycles. The van der Waals surface area contributed by atoms with Gasteiger partial charge < -0.3 is 10.6 Å². The van der Waals surface area contributed by atoms with Gasteiger partial charge in [-0.2, -0.15) is 0 Å².